The van der Waals surface area contributed by atoms with Crippen molar-refractivity contribution in [3.8, 4) is 0 Å². The Hall–Kier alpha value is -1.71. The summed E-state index contributed by atoms with van der Waals surface area (Å²) in [6.07, 6.45) is 0. The number of fused-ring (bicyclic) bond motifs is 1. The summed E-state index contributed by atoms with van der Waals surface area (Å²) in [5.74, 6) is 0.967. The molecule has 0 unspecified atom stereocenters. The normalized spacial score (nSPS) is 11.0. The molecule has 108 valence electrons. The molecule has 1 aromatic heterocycles. The number of anilines is 1. The number of aryl methyl sites for hydroxylation is 1. The van der Waals surface area contributed by atoms with Gasteiger partial charge in [-0.25, -0.2) is 4.98 Å². The molecule has 0 saturated carbocycles. The van der Waals surface area contributed by atoms with Gasteiger partial charge in [0.05, 0.1) is 33.3 Å². The Balaban J connectivity index is 1.92. The number of aromatic nitrogens is 2. The van der Waals surface area contributed by atoms with Crippen LogP contribution in [0.25, 0.3) is 11.0 Å². The Bertz CT molecular complexity index is 760. The van der Waals surface area contributed by atoms with Crippen molar-refractivity contribution in [2.75, 3.05) is 5.32 Å². The first-order chi connectivity index (χ1) is 10.2. The van der Waals surface area contributed by atoms with Gasteiger partial charge in [0.25, 0.3) is 0 Å². The standard InChI is InChI=1S/C16H15Cl2N3/c1-2-21-14-9-4-3-8-13(14)20-15(21)10-19-16-11(17)6-5-7-12(16)18/h3-9,19H,2,10H2,1H3. The maximum atomic E-state index is 6.17. The summed E-state index contributed by atoms with van der Waals surface area (Å²) in [6, 6.07) is 13.6. The van der Waals surface area contributed by atoms with E-state index in [1.807, 2.05) is 36.4 Å². The number of hydrogen-bond donors (Lipinski definition) is 1. The van der Waals surface area contributed by atoms with E-state index in [1.54, 1.807) is 0 Å². The minimum Gasteiger partial charge on any atom is -0.375 e. The molecule has 21 heavy (non-hydrogen) atoms. The van der Waals surface area contributed by atoms with Crippen LogP contribution < -0.4 is 5.32 Å². The van der Waals surface area contributed by atoms with Gasteiger partial charge in [-0.05, 0) is 31.2 Å². The summed E-state index contributed by atoms with van der Waals surface area (Å²) in [6.45, 7) is 3.56. The lowest BCUT2D eigenvalue weighted by atomic mass is 10.3. The number of para-hydroxylation sites is 3. The van der Waals surface area contributed by atoms with Crippen molar-refractivity contribution >= 4 is 39.9 Å². The topological polar surface area (TPSA) is 29.9 Å². The predicted octanol–water partition coefficient (Wildman–Crippen LogP) is 4.98. The Morgan fingerprint density at radius 3 is 2.48 bits per heavy atom. The average molecular weight is 320 g/mol. The maximum absolute atomic E-state index is 6.17. The van der Waals surface area contributed by atoms with E-state index in [9.17, 15) is 0 Å². The fourth-order valence-electron chi connectivity index (χ4n) is 2.45. The highest BCUT2D eigenvalue weighted by atomic mass is 35.5. The molecule has 3 nitrogen and oxygen atoms in total. The van der Waals surface area contributed by atoms with Gasteiger partial charge in [-0.15, -0.1) is 0 Å². The second-order valence-electron chi connectivity index (χ2n) is 4.71. The lowest BCUT2D eigenvalue weighted by Gasteiger charge is -2.11. The molecule has 0 saturated heterocycles. The SMILES string of the molecule is CCn1c(CNc2c(Cl)cccc2Cl)nc2ccccc21. The van der Waals surface area contributed by atoms with E-state index in [0.717, 1.165) is 29.1 Å². The highest BCUT2D eigenvalue weighted by molar-refractivity contribution is 6.39. The number of nitrogens with one attached hydrogen (secondary N) is 1. The first-order valence-corrected chi connectivity index (χ1v) is 7.58. The fourth-order valence-corrected chi connectivity index (χ4v) is 2.98. The molecule has 0 spiro atoms. The molecule has 3 aromatic rings. The predicted molar refractivity (Wildman–Crippen MR) is 89.2 cm³/mol. The fraction of sp³-hybridized carbons (Fsp3) is 0.188. The Labute approximate surface area is 133 Å². The molecule has 0 aliphatic heterocycles. The lowest BCUT2D eigenvalue weighted by Crippen LogP contribution is -2.08. The van der Waals surface area contributed by atoms with Crippen molar-refractivity contribution in [3.63, 3.8) is 0 Å². The molecular formula is C16H15Cl2N3. The Morgan fingerprint density at radius 1 is 1.05 bits per heavy atom. The molecule has 0 radical (unpaired) electrons. The van der Waals surface area contributed by atoms with Crippen molar-refractivity contribution in [1.29, 1.82) is 0 Å². The lowest BCUT2D eigenvalue weighted by molar-refractivity contribution is 0.729. The van der Waals surface area contributed by atoms with Crippen molar-refractivity contribution in [2.24, 2.45) is 0 Å². The number of halogens is 2. The van der Waals surface area contributed by atoms with Crippen molar-refractivity contribution < 1.29 is 0 Å². The van der Waals surface area contributed by atoms with Gasteiger partial charge in [0.1, 0.15) is 5.82 Å². The van der Waals surface area contributed by atoms with Gasteiger partial charge in [-0.2, -0.15) is 0 Å². The van der Waals surface area contributed by atoms with Crippen LogP contribution in [0.15, 0.2) is 42.5 Å². The molecule has 0 aliphatic rings. The molecular weight excluding hydrogens is 305 g/mol. The molecule has 5 heteroatoms. The van der Waals surface area contributed by atoms with E-state index in [1.165, 1.54) is 0 Å². The van der Waals surface area contributed by atoms with E-state index in [-0.39, 0.29) is 0 Å². The van der Waals surface area contributed by atoms with Crippen LogP contribution >= 0.6 is 23.2 Å². The van der Waals surface area contributed by atoms with Crippen molar-refractivity contribution in [2.45, 2.75) is 20.0 Å². The summed E-state index contributed by atoms with van der Waals surface area (Å²) < 4.78 is 2.19. The molecule has 0 aliphatic carbocycles. The van der Waals surface area contributed by atoms with E-state index in [4.69, 9.17) is 23.2 Å². The number of benzene rings is 2. The largest absolute Gasteiger partial charge is 0.375 e. The molecule has 0 bridgehead atoms. The van der Waals surface area contributed by atoms with Crippen LogP contribution in [0.2, 0.25) is 10.0 Å². The molecule has 1 N–H and O–H groups in total. The summed E-state index contributed by atoms with van der Waals surface area (Å²) in [5.41, 5.74) is 2.89. The molecule has 0 atom stereocenters. The van der Waals surface area contributed by atoms with E-state index >= 15 is 0 Å². The summed E-state index contributed by atoms with van der Waals surface area (Å²) in [7, 11) is 0. The highest BCUT2D eigenvalue weighted by Crippen LogP contribution is 2.30. The third kappa shape index (κ3) is 2.71. The molecule has 3 rings (SSSR count). The zero-order chi connectivity index (χ0) is 14.8. The Morgan fingerprint density at radius 2 is 1.76 bits per heavy atom. The molecule has 2 aromatic carbocycles. The van der Waals surface area contributed by atoms with Crippen molar-refractivity contribution in [1.82, 2.24) is 9.55 Å². The summed E-state index contributed by atoms with van der Waals surface area (Å²) in [4.78, 5) is 4.67. The van der Waals surface area contributed by atoms with E-state index in [0.29, 0.717) is 16.6 Å². The number of nitrogens with zero attached hydrogens (tertiary/aromatic N) is 2. The zero-order valence-electron chi connectivity index (χ0n) is 11.6. The van der Waals surface area contributed by atoms with Gasteiger partial charge in [0.2, 0.25) is 0 Å². The summed E-state index contributed by atoms with van der Waals surface area (Å²) >= 11 is 12.3. The van der Waals surface area contributed by atoms with Crippen LogP contribution in [0.5, 0.6) is 0 Å². The van der Waals surface area contributed by atoms with Crippen LogP contribution in [-0.4, -0.2) is 9.55 Å². The second kappa shape index (κ2) is 5.96. The molecule has 0 fully saturated rings. The summed E-state index contributed by atoms with van der Waals surface area (Å²) in [5, 5.41) is 4.51. The van der Waals surface area contributed by atoms with Crippen LogP contribution in [0, 0.1) is 0 Å². The van der Waals surface area contributed by atoms with Gasteiger partial charge in [-0.3, -0.25) is 0 Å². The van der Waals surface area contributed by atoms with Gasteiger partial charge >= 0.3 is 0 Å². The number of hydrogen-bond acceptors (Lipinski definition) is 2. The third-order valence-electron chi connectivity index (χ3n) is 3.44. The van der Waals surface area contributed by atoms with Crippen LogP contribution in [0.1, 0.15) is 12.7 Å². The van der Waals surface area contributed by atoms with Crippen LogP contribution in [-0.2, 0) is 13.1 Å². The minimum atomic E-state index is 0.575. The van der Waals surface area contributed by atoms with Gasteiger partial charge in [0, 0.05) is 6.54 Å². The first-order valence-electron chi connectivity index (χ1n) is 6.82. The molecule has 1 heterocycles. The zero-order valence-corrected chi connectivity index (χ0v) is 13.1. The van der Waals surface area contributed by atoms with Crippen molar-refractivity contribution in [3.05, 3.63) is 58.3 Å². The van der Waals surface area contributed by atoms with Crippen LogP contribution in [0.3, 0.4) is 0 Å². The maximum Gasteiger partial charge on any atom is 0.129 e. The first kappa shape index (κ1) is 14.2. The second-order valence-corrected chi connectivity index (χ2v) is 5.53. The average Bonchev–Trinajstić information content (AvgIpc) is 2.84. The minimum absolute atomic E-state index is 0.575. The molecule has 0 amide bonds. The third-order valence-corrected chi connectivity index (χ3v) is 4.07. The monoisotopic (exact) mass is 319 g/mol. The number of rotatable bonds is 4. The smallest absolute Gasteiger partial charge is 0.129 e. The quantitative estimate of drug-likeness (QED) is 0.735. The van der Waals surface area contributed by atoms with Gasteiger partial charge < -0.3 is 9.88 Å². The van der Waals surface area contributed by atoms with E-state index < -0.39 is 0 Å². The van der Waals surface area contributed by atoms with E-state index in [2.05, 4.69) is 27.9 Å². The van der Waals surface area contributed by atoms with Gasteiger partial charge in [-0.1, -0.05) is 41.4 Å². The van der Waals surface area contributed by atoms with Gasteiger partial charge in [0.15, 0.2) is 0 Å². The number of imidazole rings is 1. The Kier molecular flexibility index (Phi) is 4.04. The highest BCUT2D eigenvalue weighted by Gasteiger charge is 2.10. The van der Waals surface area contributed by atoms with Crippen LogP contribution in [0.4, 0.5) is 5.69 Å².